The maximum atomic E-state index is 12.9. The number of aliphatic hydroxyl groups excluding tert-OH is 1. The van der Waals surface area contributed by atoms with Crippen molar-refractivity contribution in [1.29, 1.82) is 0 Å². The summed E-state index contributed by atoms with van der Waals surface area (Å²) < 4.78 is 23.3. The van der Waals surface area contributed by atoms with Crippen LogP contribution in [-0.4, -0.2) is 68.5 Å². The molecule has 0 aliphatic rings. The first kappa shape index (κ1) is 63.5. The predicted octanol–water partition coefficient (Wildman–Crippen LogP) is 15.7. The van der Waals surface area contributed by atoms with E-state index in [1.807, 2.05) is 27.2 Å². The zero-order valence-electron chi connectivity index (χ0n) is 43.4. The van der Waals surface area contributed by atoms with Crippen LogP contribution >= 0.6 is 7.82 Å². The zero-order chi connectivity index (χ0) is 47.8. The Hall–Kier alpha value is -1.54. The standard InChI is InChI=1S/C56H107N2O6P/c1-6-8-10-12-14-16-18-20-22-24-26-28-30-32-34-36-38-40-42-44-46-48-50-56(60)57-54(53-64-65(61,62)63-52-51-58(3,4)5)55(59)49-47-45-43-41-39-37-35-33-31-29-27-25-23-21-19-17-15-13-11-9-7-2/h30-33,39,41,47,49,54-55,59H,6-29,34-38,40,42-46,48,50-53H2,1-5H3,(H-,57,60,61,62)/b32-30-,33-31+,41-39+,49-47+. The van der Waals surface area contributed by atoms with Crippen molar-refractivity contribution in [2.75, 3.05) is 40.9 Å². The highest BCUT2D eigenvalue weighted by molar-refractivity contribution is 7.45. The molecule has 0 aromatic heterocycles. The number of allylic oxidation sites excluding steroid dienone is 7. The van der Waals surface area contributed by atoms with Crippen molar-refractivity contribution in [3.8, 4) is 0 Å². The molecule has 1 amide bonds. The lowest BCUT2D eigenvalue weighted by atomic mass is 10.0. The summed E-state index contributed by atoms with van der Waals surface area (Å²) in [4.78, 5) is 25.4. The monoisotopic (exact) mass is 935 g/mol. The van der Waals surface area contributed by atoms with Gasteiger partial charge in [-0.25, -0.2) is 0 Å². The molecule has 2 N–H and O–H groups in total. The summed E-state index contributed by atoms with van der Waals surface area (Å²) in [7, 11) is 1.23. The molecule has 0 heterocycles. The van der Waals surface area contributed by atoms with E-state index in [0.717, 1.165) is 44.9 Å². The van der Waals surface area contributed by atoms with Crippen LogP contribution in [0.3, 0.4) is 0 Å². The van der Waals surface area contributed by atoms with Crippen LogP contribution in [-0.2, 0) is 18.4 Å². The number of amides is 1. The van der Waals surface area contributed by atoms with Crippen LogP contribution in [0.25, 0.3) is 0 Å². The van der Waals surface area contributed by atoms with Gasteiger partial charge in [0.15, 0.2) is 0 Å². The van der Waals surface area contributed by atoms with Crippen LogP contribution < -0.4 is 10.2 Å². The second-order valence-corrected chi connectivity index (χ2v) is 21.3. The first-order chi connectivity index (χ1) is 31.5. The summed E-state index contributed by atoms with van der Waals surface area (Å²) in [5.74, 6) is -0.214. The summed E-state index contributed by atoms with van der Waals surface area (Å²) in [5.41, 5.74) is 0. The van der Waals surface area contributed by atoms with Crippen molar-refractivity contribution in [3.05, 3.63) is 48.6 Å². The highest BCUT2D eigenvalue weighted by Crippen LogP contribution is 2.38. The van der Waals surface area contributed by atoms with Gasteiger partial charge in [-0.1, -0.05) is 223 Å². The Bertz CT molecular complexity index is 1200. The minimum atomic E-state index is -4.61. The number of carbonyl (C=O) groups is 1. The molecule has 0 spiro atoms. The number of unbranched alkanes of at least 4 members (excludes halogenated alkanes) is 31. The minimum absolute atomic E-state index is 0.0104. The molecular weight excluding hydrogens is 828 g/mol. The number of phosphoric ester groups is 1. The summed E-state index contributed by atoms with van der Waals surface area (Å²) >= 11 is 0. The summed E-state index contributed by atoms with van der Waals surface area (Å²) in [5, 5.41) is 13.8. The van der Waals surface area contributed by atoms with E-state index in [1.165, 1.54) is 186 Å². The molecule has 0 aromatic carbocycles. The van der Waals surface area contributed by atoms with Gasteiger partial charge < -0.3 is 28.8 Å². The smallest absolute Gasteiger partial charge is 0.268 e. The van der Waals surface area contributed by atoms with Gasteiger partial charge in [-0.2, -0.15) is 0 Å². The lowest BCUT2D eigenvalue weighted by molar-refractivity contribution is -0.870. The Labute approximate surface area is 403 Å². The summed E-state index contributed by atoms with van der Waals surface area (Å²) in [6.07, 6.45) is 61.8. The second kappa shape index (κ2) is 47.5. The normalized spacial score (nSPS) is 14.4. The van der Waals surface area contributed by atoms with Crippen molar-refractivity contribution in [2.45, 2.75) is 264 Å². The third-order valence-corrected chi connectivity index (χ3v) is 13.2. The first-order valence-electron chi connectivity index (χ1n) is 27.5. The lowest BCUT2D eigenvalue weighted by Crippen LogP contribution is -2.45. The van der Waals surface area contributed by atoms with E-state index in [9.17, 15) is 19.4 Å². The van der Waals surface area contributed by atoms with Crippen molar-refractivity contribution in [1.82, 2.24) is 5.32 Å². The minimum Gasteiger partial charge on any atom is -0.756 e. The fraction of sp³-hybridized carbons (Fsp3) is 0.839. The van der Waals surface area contributed by atoms with E-state index in [4.69, 9.17) is 9.05 Å². The predicted molar refractivity (Wildman–Crippen MR) is 279 cm³/mol. The molecule has 65 heavy (non-hydrogen) atoms. The fourth-order valence-electron chi connectivity index (χ4n) is 7.89. The van der Waals surface area contributed by atoms with E-state index in [-0.39, 0.29) is 12.5 Å². The molecule has 0 radical (unpaired) electrons. The number of quaternary nitrogens is 1. The van der Waals surface area contributed by atoms with Crippen LogP contribution in [0.15, 0.2) is 48.6 Å². The van der Waals surface area contributed by atoms with Crippen LogP contribution in [0, 0.1) is 0 Å². The Kier molecular flexibility index (Phi) is 46.4. The Morgan fingerprint density at radius 2 is 0.862 bits per heavy atom. The molecule has 9 heteroatoms. The first-order valence-corrected chi connectivity index (χ1v) is 29.0. The molecular formula is C56H107N2O6P. The molecule has 0 aromatic rings. The van der Waals surface area contributed by atoms with Gasteiger partial charge in [0.2, 0.25) is 5.91 Å². The van der Waals surface area contributed by atoms with Crippen LogP contribution in [0.1, 0.15) is 251 Å². The topological polar surface area (TPSA) is 108 Å². The average Bonchev–Trinajstić information content (AvgIpc) is 3.26. The number of likely N-dealkylation sites (N-methyl/N-ethyl adjacent to an activating group) is 1. The van der Waals surface area contributed by atoms with Gasteiger partial charge in [0.25, 0.3) is 7.82 Å². The molecule has 0 bridgehead atoms. The van der Waals surface area contributed by atoms with Crippen molar-refractivity contribution in [2.24, 2.45) is 0 Å². The van der Waals surface area contributed by atoms with E-state index in [1.54, 1.807) is 6.08 Å². The van der Waals surface area contributed by atoms with Crippen LogP contribution in [0.5, 0.6) is 0 Å². The van der Waals surface area contributed by atoms with Crippen molar-refractivity contribution in [3.63, 3.8) is 0 Å². The summed E-state index contributed by atoms with van der Waals surface area (Å²) in [6, 6.07) is -0.913. The van der Waals surface area contributed by atoms with E-state index >= 15 is 0 Å². The number of rotatable bonds is 50. The van der Waals surface area contributed by atoms with E-state index in [2.05, 4.69) is 55.6 Å². The van der Waals surface area contributed by atoms with Gasteiger partial charge in [-0.05, 0) is 70.6 Å². The third kappa shape index (κ3) is 50.2. The number of carbonyl (C=O) groups excluding carboxylic acids is 1. The van der Waals surface area contributed by atoms with Crippen molar-refractivity contribution >= 4 is 13.7 Å². The molecule has 0 rings (SSSR count). The van der Waals surface area contributed by atoms with Gasteiger partial charge in [0.05, 0.1) is 39.9 Å². The Morgan fingerprint density at radius 3 is 1.25 bits per heavy atom. The largest absolute Gasteiger partial charge is 0.756 e. The maximum Gasteiger partial charge on any atom is 0.268 e. The summed E-state index contributed by atoms with van der Waals surface area (Å²) in [6.45, 7) is 4.64. The quantitative estimate of drug-likeness (QED) is 0.0272. The van der Waals surface area contributed by atoms with Gasteiger partial charge >= 0.3 is 0 Å². The highest BCUT2D eigenvalue weighted by Gasteiger charge is 2.23. The van der Waals surface area contributed by atoms with Crippen LogP contribution in [0.2, 0.25) is 0 Å². The molecule has 8 nitrogen and oxygen atoms in total. The van der Waals surface area contributed by atoms with Crippen LogP contribution in [0.4, 0.5) is 0 Å². The van der Waals surface area contributed by atoms with Gasteiger partial charge in [-0.3, -0.25) is 9.36 Å². The van der Waals surface area contributed by atoms with E-state index < -0.39 is 26.6 Å². The van der Waals surface area contributed by atoms with Crippen molar-refractivity contribution < 1.29 is 32.9 Å². The van der Waals surface area contributed by atoms with Gasteiger partial charge in [0.1, 0.15) is 13.2 Å². The van der Waals surface area contributed by atoms with Gasteiger partial charge in [0, 0.05) is 6.42 Å². The second-order valence-electron chi connectivity index (χ2n) is 19.9. The average molecular weight is 935 g/mol. The molecule has 0 aliphatic heterocycles. The maximum absolute atomic E-state index is 12.9. The number of nitrogens with one attached hydrogen (secondary N) is 1. The number of nitrogens with zero attached hydrogens (tertiary/aromatic N) is 1. The highest BCUT2D eigenvalue weighted by atomic mass is 31.2. The number of hydrogen-bond donors (Lipinski definition) is 2. The molecule has 3 unspecified atom stereocenters. The zero-order valence-corrected chi connectivity index (χ0v) is 44.3. The SMILES string of the molecule is CCCCCCCCCCCCC/C=C\CCCCCCCCCC(=O)NC(COP(=O)([O-])OCC[N+](C)(C)C)C(O)/C=C/CC/C=C/CC/C=C/CCCCCCCCCCCCC. The third-order valence-electron chi connectivity index (χ3n) is 12.2. The van der Waals surface area contributed by atoms with Gasteiger partial charge in [-0.15, -0.1) is 0 Å². The Morgan fingerprint density at radius 1 is 0.523 bits per heavy atom. The van der Waals surface area contributed by atoms with E-state index in [0.29, 0.717) is 17.4 Å². The number of hydrogen-bond acceptors (Lipinski definition) is 6. The molecule has 0 fully saturated rings. The lowest BCUT2D eigenvalue weighted by Gasteiger charge is -2.29. The molecule has 3 atom stereocenters. The fourth-order valence-corrected chi connectivity index (χ4v) is 8.61. The molecule has 382 valence electrons. The molecule has 0 saturated heterocycles. The Balaban J connectivity index is 4.34. The molecule has 0 saturated carbocycles. The molecule has 0 aliphatic carbocycles. The number of phosphoric acid groups is 1. The number of aliphatic hydroxyl groups is 1.